The van der Waals surface area contributed by atoms with Crippen molar-refractivity contribution in [3.8, 4) is 0 Å². The lowest BCUT2D eigenvalue weighted by Gasteiger charge is -2.13. The van der Waals surface area contributed by atoms with Crippen LogP contribution in [0.4, 0.5) is 11.4 Å². The Morgan fingerprint density at radius 3 is 2.94 bits per heavy atom. The summed E-state index contributed by atoms with van der Waals surface area (Å²) in [5, 5.41) is 22.7. The van der Waals surface area contributed by atoms with Gasteiger partial charge in [0.1, 0.15) is 11.9 Å². The van der Waals surface area contributed by atoms with Crippen LogP contribution in [0.5, 0.6) is 0 Å². The van der Waals surface area contributed by atoms with Gasteiger partial charge in [-0.3, -0.25) is 19.9 Å². The van der Waals surface area contributed by atoms with Crippen molar-refractivity contribution in [2.75, 3.05) is 5.32 Å². The first-order valence-electron chi connectivity index (χ1n) is 5.65. The second-order valence-electron chi connectivity index (χ2n) is 4.34. The first-order valence-corrected chi connectivity index (χ1v) is 5.65. The van der Waals surface area contributed by atoms with E-state index in [9.17, 15) is 14.9 Å². The van der Waals surface area contributed by atoms with Crippen molar-refractivity contribution in [1.82, 2.24) is 4.98 Å². The highest BCUT2D eigenvalue weighted by Gasteiger charge is 2.30. The topological polar surface area (TPSA) is 105 Å². The maximum Gasteiger partial charge on any atom is 0.310 e. The first-order chi connectivity index (χ1) is 8.58. The molecule has 1 aliphatic carbocycles. The normalized spacial score (nSPS) is 22.7. The molecule has 96 valence electrons. The van der Waals surface area contributed by atoms with Gasteiger partial charge < -0.3 is 10.4 Å². The lowest BCUT2D eigenvalue weighted by atomic mass is 10.1. The second-order valence-corrected chi connectivity index (χ2v) is 4.34. The molecule has 1 fully saturated rings. The van der Waals surface area contributed by atoms with Gasteiger partial charge in [0, 0.05) is 12.2 Å². The monoisotopic (exact) mass is 251 g/mol. The third-order valence-electron chi connectivity index (χ3n) is 3.14. The smallest absolute Gasteiger partial charge is 0.310 e. The zero-order valence-electron chi connectivity index (χ0n) is 9.57. The molecule has 7 heteroatoms. The Labute approximate surface area is 103 Å². The number of rotatable bonds is 4. The Morgan fingerprint density at radius 1 is 1.56 bits per heavy atom. The molecule has 2 rings (SSSR count). The SMILES string of the molecule is O=C(O)[C@@H]1CC[C@H](Nc2ccncc2[N+](=O)[O-])C1. The molecule has 2 N–H and O–H groups in total. The summed E-state index contributed by atoms with van der Waals surface area (Å²) in [5.41, 5.74) is 0.308. The molecule has 1 aliphatic rings. The Morgan fingerprint density at radius 2 is 2.33 bits per heavy atom. The number of carboxylic acid groups (broad SMARTS) is 1. The van der Waals surface area contributed by atoms with E-state index in [1.165, 1.54) is 18.5 Å². The highest BCUT2D eigenvalue weighted by atomic mass is 16.6. The molecule has 1 aromatic heterocycles. The van der Waals surface area contributed by atoms with Crippen LogP contribution in [0.25, 0.3) is 0 Å². The summed E-state index contributed by atoms with van der Waals surface area (Å²) in [6.45, 7) is 0. The van der Waals surface area contributed by atoms with Gasteiger partial charge in [0.25, 0.3) is 0 Å². The van der Waals surface area contributed by atoms with Crippen LogP contribution in [0, 0.1) is 16.0 Å². The van der Waals surface area contributed by atoms with Crippen molar-refractivity contribution in [3.05, 3.63) is 28.6 Å². The van der Waals surface area contributed by atoms with Gasteiger partial charge in [-0.2, -0.15) is 0 Å². The van der Waals surface area contributed by atoms with E-state index in [4.69, 9.17) is 5.11 Å². The van der Waals surface area contributed by atoms with Gasteiger partial charge in [-0.25, -0.2) is 0 Å². The molecule has 1 aromatic rings. The van der Waals surface area contributed by atoms with Gasteiger partial charge in [-0.05, 0) is 25.3 Å². The number of aromatic nitrogens is 1. The number of anilines is 1. The number of carboxylic acids is 1. The quantitative estimate of drug-likeness (QED) is 0.622. The van der Waals surface area contributed by atoms with Crippen molar-refractivity contribution < 1.29 is 14.8 Å². The fourth-order valence-electron chi connectivity index (χ4n) is 2.21. The molecular weight excluding hydrogens is 238 g/mol. The van der Waals surface area contributed by atoms with E-state index >= 15 is 0 Å². The zero-order valence-corrected chi connectivity index (χ0v) is 9.57. The van der Waals surface area contributed by atoms with Gasteiger partial charge in [-0.15, -0.1) is 0 Å². The van der Waals surface area contributed by atoms with E-state index in [1.807, 2.05) is 0 Å². The van der Waals surface area contributed by atoms with E-state index < -0.39 is 10.9 Å². The number of aliphatic carboxylic acids is 1. The highest BCUT2D eigenvalue weighted by Crippen LogP contribution is 2.31. The molecule has 0 amide bonds. The number of nitrogens with zero attached hydrogens (tertiary/aromatic N) is 2. The number of hydrogen-bond acceptors (Lipinski definition) is 5. The molecule has 1 heterocycles. The summed E-state index contributed by atoms with van der Waals surface area (Å²) in [5.74, 6) is -1.16. The lowest BCUT2D eigenvalue weighted by Crippen LogP contribution is -2.18. The molecular formula is C11H13N3O4. The van der Waals surface area contributed by atoms with Crippen LogP contribution in [0.15, 0.2) is 18.5 Å². The van der Waals surface area contributed by atoms with Crippen molar-refractivity contribution in [1.29, 1.82) is 0 Å². The van der Waals surface area contributed by atoms with Crippen LogP contribution in [0.2, 0.25) is 0 Å². The largest absolute Gasteiger partial charge is 0.481 e. The summed E-state index contributed by atoms with van der Waals surface area (Å²) >= 11 is 0. The summed E-state index contributed by atoms with van der Waals surface area (Å²) in [6, 6.07) is 1.50. The van der Waals surface area contributed by atoms with Crippen LogP contribution in [-0.4, -0.2) is 27.0 Å². The van der Waals surface area contributed by atoms with Crippen LogP contribution in [-0.2, 0) is 4.79 Å². The number of hydrogen-bond donors (Lipinski definition) is 2. The molecule has 0 bridgehead atoms. The van der Waals surface area contributed by atoms with E-state index in [1.54, 1.807) is 0 Å². The average molecular weight is 251 g/mol. The van der Waals surface area contributed by atoms with Gasteiger partial charge in [0.2, 0.25) is 0 Å². The summed E-state index contributed by atoms with van der Waals surface area (Å²) in [7, 11) is 0. The fraction of sp³-hybridized carbons (Fsp3) is 0.455. The summed E-state index contributed by atoms with van der Waals surface area (Å²) in [4.78, 5) is 24.8. The minimum Gasteiger partial charge on any atom is -0.481 e. The van der Waals surface area contributed by atoms with E-state index in [2.05, 4.69) is 10.3 Å². The maximum absolute atomic E-state index is 10.8. The van der Waals surface area contributed by atoms with E-state index in [-0.39, 0.29) is 17.6 Å². The summed E-state index contributed by atoms with van der Waals surface area (Å²) in [6.07, 6.45) is 4.46. The van der Waals surface area contributed by atoms with Crippen LogP contribution < -0.4 is 5.32 Å². The molecule has 1 saturated carbocycles. The number of nitrogens with one attached hydrogen (secondary N) is 1. The Kier molecular flexibility index (Phi) is 3.40. The highest BCUT2D eigenvalue weighted by molar-refractivity contribution is 5.70. The molecule has 7 nitrogen and oxygen atoms in total. The molecule has 0 saturated heterocycles. The second kappa shape index (κ2) is 4.99. The van der Waals surface area contributed by atoms with Gasteiger partial charge >= 0.3 is 11.7 Å². The predicted octanol–water partition coefficient (Wildman–Crippen LogP) is 1.65. The molecule has 0 radical (unpaired) electrons. The number of nitro groups is 1. The molecule has 0 spiro atoms. The summed E-state index contributed by atoms with van der Waals surface area (Å²) < 4.78 is 0. The standard InChI is InChI=1S/C11H13N3O4/c15-11(16)7-1-2-8(5-7)13-9-3-4-12-6-10(9)14(17)18/h3-4,6-8H,1-2,5H2,(H,12,13)(H,15,16)/t7-,8+/m1/s1. The third-order valence-corrected chi connectivity index (χ3v) is 3.14. The van der Waals surface area contributed by atoms with Gasteiger partial charge in [-0.1, -0.05) is 0 Å². The van der Waals surface area contributed by atoms with Crippen molar-refractivity contribution in [3.63, 3.8) is 0 Å². The Hall–Kier alpha value is -2.18. The van der Waals surface area contributed by atoms with E-state index in [0.717, 1.165) is 0 Å². The molecule has 18 heavy (non-hydrogen) atoms. The van der Waals surface area contributed by atoms with Crippen molar-refractivity contribution in [2.45, 2.75) is 25.3 Å². The van der Waals surface area contributed by atoms with Crippen LogP contribution in [0.1, 0.15) is 19.3 Å². The minimum atomic E-state index is -0.802. The van der Waals surface area contributed by atoms with Crippen molar-refractivity contribution in [2.24, 2.45) is 5.92 Å². The van der Waals surface area contributed by atoms with Crippen molar-refractivity contribution >= 4 is 17.3 Å². The maximum atomic E-state index is 10.8. The number of carbonyl (C=O) groups is 1. The zero-order chi connectivity index (χ0) is 13.1. The molecule has 0 aliphatic heterocycles. The van der Waals surface area contributed by atoms with Gasteiger partial charge in [0.05, 0.1) is 10.8 Å². The molecule has 0 aromatic carbocycles. The molecule has 0 unspecified atom stereocenters. The lowest BCUT2D eigenvalue weighted by molar-refractivity contribution is -0.384. The van der Waals surface area contributed by atoms with Crippen LogP contribution >= 0.6 is 0 Å². The minimum absolute atomic E-state index is 0.0350. The molecule has 2 atom stereocenters. The van der Waals surface area contributed by atoms with E-state index in [0.29, 0.717) is 24.9 Å². The Balaban J connectivity index is 2.07. The average Bonchev–Trinajstić information content (AvgIpc) is 2.78. The van der Waals surface area contributed by atoms with Crippen LogP contribution in [0.3, 0.4) is 0 Å². The van der Waals surface area contributed by atoms with Gasteiger partial charge in [0.15, 0.2) is 0 Å². The fourth-order valence-corrected chi connectivity index (χ4v) is 2.21. The predicted molar refractivity (Wildman–Crippen MR) is 63.3 cm³/mol. The third kappa shape index (κ3) is 2.55. The number of pyridine rings is 1. The first kappa shape index (κ1) is 12.3. The Bertz CT molecular complexity index is 477.